The first-order chi connectivity index (χ1) is 4.83. The maximum Gasteiger partial charge on any atom is 0.290 e. The van der Waals surface area contributed by atoms with Crippen LogP contribution >= 0.6 is 0 Å². The Morgan fingerprint density at radius 2 is 1.40 bits per heavy atom. The van der Waals surface area contributed by atoms with E-state index in [1.54, 1.807) is 0 Å². The standard InChI is InChI=1S/C4H10.C3H6.CH2O2/c1-3-4-2;1-2-3-1;2-1-3/h3-4H2,1-2H3;1-3H2;1H,(H,2,3). The van der Waals surface area contributed by atoms with E-state index in [9.17, 15) is 0 Å². The molecule has 0 aromatic carbocycles. The molecule has 1 rings (SSSR count). The molecule has 1 aliphatic carbocycles. The highest BCUT2D eigenvalue weighted by atomic mass is 16.3. The van der Waals surface area contributed by atoms with Gasteiger partial charge in [-0.25, -0.2) is 0 Å². The summed E-state index contributed by atoms with van der Waals surface area (Å²) in [5, 5.41) is 6.89. The summed E-state index contributed by atoms with van der Waals surface area (Å²) < 4.78 is 0. The summed E-state index contributed by atoms with van der Waals surface area (Å²) in [6.07, 6.45) is 7.14. The first-order valence-electron chi connectivity index (χ1n) is 3.91. The Bertz CT molecular complexity index is 46.5. The largest absolute Gasteiger partial charge is 0.483 e. The van der Waals surface area contributed by atoms with E-state index in [4.69, 9.17) is 9.90 Å². The fraction of sp³-hybridized carbons (Fsp3) is 0.875. The molecule has 0 unspecified atom stereocenters. The highest BCUT2D eigenvalue weighted by molar-refractivity contribution is 5.32. The first-order valence-corrected chi connectivity index (χ1v) is 3.91. The molecule has 0 radical (unpaired) electrons. The molecule has 1 aliphatic rings. The monoisotopic (exact) mass is 146 g/mol. The molecule has 2 nitrogen and oxygen atoms in total. The average Bonchev–Trinajstić information content (AvgIpc) is 2.73. The van der Waals surface area contributed by atoms with Gasteiger partial charge in [-0.05, 0) is 0 Å². The third kappa shape index (κ3) is 145. The summed E-state index contributed by atoms with van der Waals surface area (Å²) >= 11 is 0. The van der Waals surface area contributed by atoms with Crippen molar-refractivity contribution in [2.24, 2.45) is 0 Å². The SMILES string of the molecule is C1CC1.CCCC.O=CO. The van der Waals surface area contributed by atoms with Gasteiger partial charge in [-0.15, -0.1) is 0 Å². The molecule has 1 fully saturated rings. The molecule has 0 bridgehead atoms. The van der Waals surface area contributed by atoms with Gasteiger partial charge in [0, 0.05) is 0 Å². The van der Waals surface area contributed by atoms with Crippen LogP contribution in [-0.4, -0.2) is 11.6 Å². The van der Waals surface area contributed by atoms with Crippen molar-refractivity contribution in [1.29, 1.82) is 0 Å². The van der Waals surface area contributed by atoms with Gasteiger partial charge in [0.2, 0.25) is 0 Å². The molecule has 0 atom stereocenters. The van der Waals surface area contributed by atoms with Gasteiger partial charge < -0.3 is 5.11 Å². The summed E-state index contributed by atoms with van der Waals surface area (Å²) in [5.41, 5.74) is 0. The Hall–Kier alpha value is -0.530. The molecule has 0 aliphatic heterocycles. The lowest BCUT2D eigenvalue weighted by Gasteiger charge is -1.68. The Morgan fingerprint density at radius 1 is 1.20 bits per heavy atom. The van der Waals surface area contributed by atoms with Crippen LogP contribution in [0.3, 0.4) is 0 Å². The maximum atomic E-state index is 8.36. The summed E-state index contributed by atoms with van der Waals surface area (Å²) in [5.74, 6) is 0. The van der Waals surface area contributed by atoms with Crippen molar-refractivity contribution in [3.63, 3.8) is 0 Å². The van der Waals surface area contributed by atoms with Crippen LogP contribution in [0.4, 0.5) is 0 Å². The van der Waals surface area contributed by atoms with E-state index in [-0.39, 0.29) is 6.47 Å². The zero-order valence-corrected chi connectivity index (χ0v) is 6.97. The minimum absolute atomic E-state index is 0.250. The van der Waals surface area contributed by atoms with Gasteiger partial charge >= 0.3 is 0 Å². The van der Waals surface area contributed by atoms with Crippen LogP contribution in [0.15, 0.2) is 0 Å². The van der Waals surface area contributed by atoms with E-state index >= 15 is 0 Å². The average molecular weight is 146 g/mol. The Labute approximate surface area is 63.3 Å². The molecule has 1 saturated carbocycles. The van der Waals surface area contributed by atoms with E-state index in [1.807, 2.05) is 0 Å². The smallest absolute Gasteiger partial charge is 0.290 e. The predicted octanol–water partition coefficient (Wildman–Crippen LogP) is 2.68. The Morgan fingerprint density at radius 3 is 1.40 bits per heavy atom. The lowest BCUT2D eigenvalue weighted by Crippen LogP contribution is -1.49. The van der Waals surface area contributed by atoms with Gasteiger partial charge in [-0.2, -0.15) is 0 Å². The van der Waals surface area contributed by atoms with Crippen LogP contribution in [-0.2, 0) is 4.79 Å². The van der Waals surface area contributed by atoms with Crippen molar-refractivity contribution in [3.8, 4) is 0 Å². The van der Waals surface area contributed by atoms with E-state index < -0.39 is 0 Å². The predicted molar refractivity (Wildman–Crippen MR) is 43.1 cm³/mol. The summed E-state index contributed by atoms with van der Waals surface area (Å²) in [6, 6.07) is 0. The topological polar surface area (TPSA) is 37.3 Å². The molecule has 0 spiro atoms. The van der Waals surface area contributed by atoms with Crippen molar-refractivity contribution < 1.29 is 9.90 Å². The van der Waals surface area contributed by atoms with Crippen LogP contribution in [0.1, 0.15) is 46.0 Å². The van der Waals surface area contributed by atoms with Gasteiger partial charge in [0.1, 0.15) is 0 Å². The van der Waals surface area contributed by atoms with Gasteiger partial charge in [0.05, 0.1) is 0 Å². The van der Waals surface area contributed by atoms with E-state index in [2.05, 4.69) is 13.8 Å². The third-order valence-corrected chi connectivity index (χ3v) is 0.854. The zero-order valence-electron chi connectivity index (χ0n) is 6.97. The summed E-state index contributed by atoms with van der Waals surface area (Å²) in [4.78, 5) is 8.36. The molecule has 62 valence electrons. The minimum Gasteiger partial charge on any atom is -0.483 e. The van der Waals surface area contributed by atoms with E-state index in [0.29, 0.717) is 0 Å². The second-order valence-electron chi connectivity index (χ2n) is 2.17. The Kier molecular flexibility index (Phi) is 19.2. The summed E-state index contributed by atoms with van der Waals surface area (Å²) in [6.45, 7) is 4.11. The number of carboxylic acid groups (broad SMARTS) is 1. The second kappa shape index (κ2) is 15.8. The van der Waals surface area contributed by atoms with Crippen molar-refractivity contribution in [3.05, 3.63) is 0 Å². The Balaban J connectivity index is 0. The molecule has 2 heteroatoms. The normalized spacial score (nSPS) is 11.4. The molecule has 0 saturated heterocycles. The van der Waals surface area contributed by atoms with Crippen molar-refractivity contribution in [2.45, 2.75) is 46.0 Å². The molecule has 1 N–H and O–H groups in total. The molecular weight excluding hydrogens is 128 g/mol. The minimum atomic E-state index is -0.250. The van der Waals surface area contributed by atoms with Crippen LogP contribution in [0.25, 0.3) is 0 Å². The molecule has 0 amide bonds. The molecule has 0 aromatic rings. The third-order valence-electron chi connectivity index (χ3n) is 0.854. The van der Waals surface area contributed by atoms with Gasteiger partial charge in [-0.3, -0.25) is 4.79 Å². The molecule has 10 heavy (non-hydrogen) atoms. The highest BCUT2D eigenvalue weighted by Crippen LogP contribution is 2.14. The number of unbranched alkanes of at least 4 members (excludes halogenated alkanes) is 1. The highest BCUT2D eigenvalue weighted by Gasteiger charge is 1.95. The molecular formula is C8H18O2. The second-order valence-corrected chi connectivity index (χ2v) is 2.17. The number of hydrogen-bond acceptors (Lipinski definition) is 1. The number of rotatable bonds is 1. The first kappa shape index (κ1) is 12.2. The zero-order chi connectivity index (χ0) is 8.24. The van der Waals surface area contributed by atoms with Crippen molar-refractivity contribution in [2.75, 3.05) is 0 Å². The molecule has 0 heterocycles. The van der Waals surface area contributed by atoms with E-state index in [0.717, 1.165) is 0 Å². The van der Waals surface area contributed by atoms with Gasteiger partial charge in [0.15, 0.2) is 0 Å². The summed E-state index contributed by atoms with van der Waals surface area (Å²) in [7, 11) is 0. The fourth-order valence-electron chi connectivity index (χ4n) is 0. The fourth-order valence-corrected chi connectivity index (χ4v) is 0. The maximum absolute atomic E-state index is 8.36. The van der Waals surface area contributed by atoms with Crippen molar-refractivity contribution in [1.82, 2.24) is 0 Å². The van der Waals surface area contributed by atoms with E-state index in [1.165, 1.54) is 32.1 Å². The number of hydrogen-bond donors (Lipinski definition) is 1. The van der Waals surface area contributed by atoms with Crippen molar-refractivity contribution >= 4 is 6.47 Å². The number of carbonyl (C=O) groups is 1. The van der Waals surface area contributed by atoms with Crippen LogP contribution in [0.2, 0.25) is 0 Å². The lowest BCUT2D eigenvalue weighted by molar-refractivity contribution is -0.122. The quantitative estimate of drug-likeness (QED) is 0.577. The van der Waals surface area contributed by atoms with Gasteiger partial charge in [-0.1, -0.05) is 46.0 Å². The lowest BCUT2D eigenvalue weighted by atomic mass is 10.4. The van der Waals surface area contributed by atoms with Crippen LogP contribution < -0.4 is 0 Å². The van der Waals surface area contributed by atoms with Gasteiger partial charge in [0.25, 0.3) is 6.47 Å². The van der Waals surface area contributed by atoms with Crippen LogP contribution in [0, 0.1) is 0 Å². The van der Waals surface area contributed by atoms with Crippen LogP contribution in [0.5, 0.6) is 0 Å². The molecule has 0 aromatic heterocycles.